The Morgan fingerprint density at radius 2 is 0.921 bits per heavy atom. The molecular formula is C61H102O2. The molecule has 0 aliphatic heterocycles. The van der Waals surface area contributed by atoms with Gasteiger partial charge in [0.25, 0.3) is 0 Å². The van der Waals surface area contributed by atoms with Gasteiger partial charge in [0.1, 0.15) is 0 Å². The zero-order valence-corrected chi connectivity index (χ0v) is 43.9. The van der Waals surface area contributed by atoms with Crippen molar-refractivity contribution in [2.45, 2.75) is 243 Å². The van der Waals surface area contributed by atoms with E-state index >= 15 is 0 Å². The minimum absolute atomic E-state index is 0.0356. The fraction of sp³-hybridized carbons (Fsp3) is 0.934. The van der Waals surface area contributed by atoms with Crippen molar-refractivity contribution >= 4 is 0 Å². The molecule has 0 saturated heterocycles. The van der Waals surface area contributed by atoms with E-state index < -0.39 is 0 Å². The maximum Gasteiger partial charge on any atom is 0.0594 e. The van der Waals surface area contributed by atoms with Gasteiger partial charge in [0.05, 0.1) is 12.2 Å². The van der Waals surface area contributed by atoms with Gasteiger partial charge in [0, 0.05) is 0 Å². The lowest BCUT2D eigenvalue weighted by Gasteiger charge is -2.63. The van der Waals surface area contributed by atoms with E-state index in [1.54, 1.807) is 0 Å². The van der Waals surface area contributed by atoms with Gasteiger partial charge >= 0.3 is 0 Å². The van der Waals surface area contributed by atoms with Crippen LogP contribution >= 0.6 is 0 Å². The van der Waals surface area contributed by atoms with Crippen LogP contribution in [0.25, 0.3) is 0 Å². The van der Waals surface area contributed by atoms with Crippen LogP contribution in [0.3, 0.4) is 0 Å². The molecule has 19 unspecified atom stereocenters. The second-order valence-electron chi connectivity index (χ2n) is 28.9. The summed E-state index contributed by atoms with van der Waals surface area (Å²) >= 11 is 0. The van der Waals surface area contributed by atoms with Crippen LogP contribution < -0.4 is 0 Å². The van der Waals surface area contributed by atoms with Crippen LogP contribution in [0.4, 0.5) is 0 Å². The second-order valence-corrected chi connectivity index (χ2v) is 28.9. The first-order valence-corrected chi connectivity index (χ1v) is 28.1. The monoisotopic (exact) mass is 867 g/mol. The van der Waals surface area contributed by atoms with Crippen molar-refractivity contribution in [1.82, 2.24) is 0 Å². The molecule has 2 N–H and O–H groups in total. The standard InChI is InChI=1S/C31H52O.C30H50O/c1-20(2)21(3)9-10-22(4)23-13-15-29(8)25-12-11-24-27(5,6)26(32)14-16-30(24)19-31(25,30)18-17-28(23,29)7;1-19(2)20(3)8-9-21(4)23-12-14-28(7)26-11-10-24-22(5)25(31)13-15-29(24)18-30(26,29)17-16-27(23,28)6/h20,22-26,32H,3,9-19H2,1-2,4-8H3;19,21-26,31H,3,8-18H2,1-2,4-7H3. The van der Waals surface area contributed by atoms with Crippen LogP contribution in [0.2, 0.25) is 0 Å². The first-order chi connectivity index (χ1) is 29.4. The second kappa shape index (κ2) is 15.5. The molecule has 0 aromatic carbocycles. The lowest BCUT2D eigenvalue weighted by atomic mass is 9.41. The Hall–Kier alpha value is -0.600. The number of fused-ring (bicyclic) bond motifs is 4. The molecule has 10 saturated carbocycles. The molecule has 10 aliphatic rings. The summed E-state index contributed by atoms with van der Waals surface area (Å²) in [6, 6.07) is 0. The predicted molar refractivity (Wildman–Crippen MR) is 266 cm³/mol. The average Bonchev–Trinajstić information content (AvgIpc) is 4.04. The summed E-state index contributed by atoms with van der Waals surface area (Å²) in [6.45, 7) is 41.2. The molecule has 0 aromatic heterocycles. The molecule has 358 valence electrons. The summed E-state index contributed by atoms with van der Waals surface area (Å²) in [6.07, 6.45) is 30.1. The number of aliphatic hydroxyl groups excluding tert-OH is 2. The van der Waals surface area contributed by atoms with Crippen LogP contribution in [-0.4, -0.2) is 22.4 Å². The van der Waals surface area contributed by atoms with Crippen LogP contribution in [0, 0.1) is 114 Å². The Balaban J connectivity index is 0.000000160. The zero-order chi connectivity index (χ0) is 45.7. The van der Waals surface area contributed by atoms with Gasteiger partial charge in [-0.15, -0.1) is 0 Å². The van der Waals surface area contributed by atoms with Gasteiger partial charge in [0.15, 0.2) is 0 Å². The van der Waals surface area contributed by atoms with Gasteiger partial charge in [-0.25, -0.2) is 0 Å². The highest BCUT2D eigenvalue weighted by molar-refractivity contribution is 5.32. The van der Waals surface area contributed by atoms with Gasteiger partial charge in [-0.05, 0) is 255 Å². The average molecular weight is 867 g/mol. The molecule has 0 heterocycles. The summed E-state index contributed by atoms with van der Waals surface area (Å²) < 4.78 is 0. The van der Waals surface area contributed by atoms with E-state index in [0.29, 0.717) is 61.1 Å². The molecule has 0 aromatic rings. The summed E-state index contributed by atoms with van der Waals surface area (Å²) in [5.74, 6) is 8.64. The third kappa shape index (κ3) is 6.30. The molecule has 2 nitrogen and oxygen atoms in total. The lowest BCUT2D eigenvalue weighted by molar-refractivity contribution is -0.161. The van der Waals surface area contributed by atoms with E-state index in [0.717, 1.165) is 60.2 Å². The number of rotatable bonds is 10. The van der Waals surface area contributed by atoms with Crippen LogP contribution in [0.1, 0.15) is 231 Å². The Morgan fingerprint density at radius 1 is 0.492 bits per heavy atom. The van der Waals surface area contributed by atoms with Crippen molar-refractivity contribution in [1.29, 1.82) is 0 Å². The summed E-state index contributed by atoms with van der Waals surface area (Å²) in [7, 11) is 0. The van der Waals surface area contributed by atoms with Crippen molar-refractivity contribution in [2.24, 2.45) is 114 Å². The smallest absolute Gasteiger partial charge is 0.0594 e. The summed E-state index contributed by atoms with van der Waals surface area (Å²) in [5.41, 5.74) is 7.55. The SMILES string of the molecule is C=C(CCC(C)C1CCC2(C)C3CCC4C(C)(C)C(O)CCC45CC35CCC12C)C(C)C.C=C(CCC(C)C1CCC2(C)C3CCC4C(C)C(O)CCC45CC35CCC12C)C(C)C. The molecule has 10 aliphatic carbocycles. The normalized spacial score (nSPS) is 52.9. The third-order valence-corrected chi connectivity index (χ3v) is 26.7. The summed E-state index contributed by atoms with van der Waals surface area (Å²) in [4.78, 5) is 0. The van der Waals surface area contributed by atoms with Crippen molar-refractivity contribution in [3.63, 3.8) is 0 Å². The Kier molecular flexibility index (Phi) is 11.6. The molecule has 0 bridgehead atoms. The quantitative estimate of drug-likeness (QED) is 0.215. The van der Waals surface area contributed by atoms with Crippen molar-refractivity contribution in [2.75, 3.05) is 0 Å². The maximum absolute atomic E-state index is 10.9. The highest BCUT2D eigenvalue weighted by Crippen LogP contribution is 2.90. The summed E-state index contributed by atoms with van der Waals surface area (Å²) in [5, 5.41) is 21.5. The highest BCUT2D eigenvalue weighted by Gasteiger charge is 2.83. The number of hydrogen-bond donors (Lipinski definition) is 2. The topological polar surface area (TPSA) is 40.5 Å². The van der Waals surface area contributed by atoms with Gasteiger partial charge in [-0.3, -0.25) is 0 Å². The molecule has 10 rings (SSSR count). The molecule has 4 spiro atoms. The van der Waals surface area contributed by atoms with Crippen molar-refractivity contribution < 1.29 is 10.2 Å². The largest absolute Gasteiger partial charge is 0.393 e. The Labute approximate surface area is 390 Å². The van der Waals surface area contributed by atoms with E-state index in [2.05, 4.69) is 103 Å². The third-order valence-electron chi connectivity index (χ3n) is 26.7. The van der Waals surface area contributed by atoms with E-state index in [4.69, 9.17) is 0 Å². The van der Waals surface area contributed by atoms with Gasteiger partial charge in [-0.1, -0.05) is 114 Å². The van der Waals surface area contributed by atoms with E-state index in [1.807, 2.05) is 0 Å². The number of aliphatic hydroxyl groups is 2. The van der Waals surface area contributed by atoms with Crippen molar-refractivity contribution in [3.05, 3.63) is 24.3 Å². The Morgan fingerprint density at radius 3 is 1.43 bits per heavy atom. The van der Waals surface area contributed by atoms with E-state index in [1.165, 1.54) is 140 Å². The zero-order valence-electron chi connectivity index (χ0n) is 43.9. The van der Waals surface area contributed by atoms with E-state index in [9.17, 15) is 10.2 Å². The molecular weight excluding hydrogens is 765 g/mol. The first-order valence-electron chi connectivity index (χ1n) is 28.1. The highest BCUT2D eigenvalue weighted by atomic mass is 16.3. The van der Waals surface area contributed by atoms with Crippen LogP contribution in [0.5, 0.6) is 0 Å². The molecule has 63 heavy (non-hydrogen) atoms. The lowest BCUT2D eigenvalue weighted by Crippen LogP contribution is -2.57. The molecule has 0 amide bonds. The number of hydrogen-bond acceptors (Lipinski definition) is 2. The first kappa shape index (κ1) is 47.5. The van der Waals surface area contributed by atoms with Gasteiger partial charge < -0.3 is 10.2 Å². The van der Waals surface area contributed by atoms with Gasteiger partial charge in [0.2, 0.25) is 0 Å². The van der Waals surface area contributed by atoms with Crippen LogP contribution in [-0.2, 0) is 0 Å². The minimum atomic E-state index is -0.0888. The van der Waals surface area contributed by atoms with E-state index in [-0.39, 0.29) is 17.6 Å². The maximum atomic E-state index is 10.9. The predicted octanol–water partition coefficient (Wildman–Crippen LogP) is 16.4. The van der Waals surface area contributed by atoms with Gasteiger partial charge in [-0.2, -0.15) is 0 Å². The fourth-order valence-electron chi connectivity index (χ4n) is 22.1. The van der Waals surface area contributed by atoms with Crippen LogP contribution in [0.15, 0.2) is 24.3 Å². The fourth-order valence-corrected chi connectivity index (χ4v) is 22.1. The molecule has 10 fully saturated rings. The van der Waals surface area contributed by atoms with Crippen molar-refractivity contribution in [3.8, 4) is 0 Å². The number of allylic oxidation sites excluding steroid dienone is 2. The Bertz CT molecular complexity index is 1770. The molecule has 0 radical (unpaired) electrons. The molecule has 19 atom stereocenters. The molecule has 2 heteroatoms. The minimum Gasteiger partial charge on any atom is -0.393 e.